The van der Waals surface area contributed by atoms with Crippen molar-refractivity contribution in [2.45, 2.75) is 19.9 Å². The van der Waals surface area contributed by atoms with E-state index in [4.69, 9.17) is 14.6 Å². The van der Waals surface area contributed by atoms with Crippen LogP contribution in [-0.4, -0.2) is 57.8 Å². The summed E-state index contributed by atoms with van der Waals surface area (Å²) in [7, 11) is 0. The van der Waals surface area contributed by atoms with Crippen LogP contribution in [0.3, 0.4) is 0 Å². The van der Waals surface area contributed by atoms with Gasteiger partial charge in [-0.2, -0.15) is 4.99 Å². The number of amidine groups is 1. The molecular formula is C37H35N3O7S. The number of allylic oxidation sites excluding steroid dienone is 4. The van der Waals surface area contributed by atoms with E-state index >= 15 is 0 Å². The number of rotatable bonds is 14. The minimum Gasteiger partial charge on any atom is -0.490 e. The van der Waals surface area contributed by atoms with Crippen LogP contribution in [0.5, 0.6) is 11.5 Å². The maximum absolute atomic E-state index is 14.0. The molecule has 1 aliphatic heterocycles. The summed E-state index contributed by atoms with van der Waals surface area (Å²) < 4.78 is 10.9. The molecule has 3 aromatic carbocycles. The lowest BCUT2D eigenvalue weighted by molar-refractivity contribution is -0.139. The molecule has 1 aliphatic rings. The van der Waals surface area contributed by atoms with E-state index in [-0.39, 0.29) is 40.5 Å². The lowest BCUT2D eigenvalue weighted by Crippen LogP contribution is -2.42. The Labute approximate surface area is 283 Å². The molecule has 0 fully saturated rings. The Hall–Kier alpha value is -5.68. The third kappa shape index (κ3) is 9.20. The highest BCUT2D eigenvalue weighted by Gasteiger charge is 2.35. The standard InChI is InChI=1S/C37H35N3O7S/c1-4-7-18-28(5-2)40-36(45)29(21-25-19-20-30(47-23-33(42)43)31(22-25)46-6-3)35(44)39-37(40)48-24-32(41)38-34(26-14-10-8-11-15-26)27-16-12-9-13-17-27/h4-5,7-22,34H,1,6,23-24H2,2-3H3,(H,38,41)(H,42,43)/b18-7-,28-5+,29-21+. The molecule has 0 aromatic heterocycles. The number of carboxylic acids is 1. The number of benzene rings is 3. The first-order valence-electron chi connectivity index (χ1n) is 15.0. The Morgan fingerprint density at radius 3 is 2.25 bits per heavy atom. The van der Waals surface area contributed by atoms with Gasteiger partial charge in [0, 0.05) is 5.70 Å². The van der Waals surface area contributed by atoms with Crippen LogP contribution in [0, 0.1) is 0 Å². The molecule has 3 amide bonds. The van der Waals surface area contributed by atoms with Gasteiger partial charge < -0.3 is 19.9 Å². The van der Waals surface area contributed by atoms with Crippen molar-refractivity contribution in [3.05, 3.63) is 138 Å². The summed E-state index contributed by atoms with van der Waals surface area (Å²) in [6.07, 6.45) is 7.91. The first-order valence-corrected chi connectivity index (χ1v) is 16.0. The van der Waals surface area contributed by atoms with E-state index in [1.165, 1.54) is 17.0 Å². The lowest BCUT2D eigenvalue weighted by atomic mass is 9.99. The van der Waals surface area contributed by atoms with Crippen LogP contribution in [0.25, 0.3) is 6.08 Å². The molecule has 1 heterocycles. The lowest BCUT2D eigenvalue weighted by Gasteiger charge is -2.28. The van der Waals surface area contributed by atoms with Crippen molar-refractivity contribution in [1.82, 2.24) is 10.2 Å². The third-order valence-corrected chi connectivity index (χ3v) is 7.78. The summed E-state index contributed by atoms with van der Waals surface area (Å²) in [6, 6.07) is 23.3. The van der Waals surface area contributed by atoms with Gasteiger partial charge in [0.25, 0.3) is 11.8 Å². The van der Waals surface area contributed by atoms with Crippen molar-refractivity contribution in [2.75, 3.05) is 19.0 Å². The maximum Gasteiger partial charge on any atom is 0.341 e. The molecular weight excluding hydrogens is 630 g/mol. The molecule has 0 unspecified atom stereocenters. The van der Waals surface area contributed by atoms with Gasteiger partial charge in [-0.05, 0) is 54.8 Å². The van der Waals surface area contributed by atoms with Gasteiger partial charge in [0.1, 0.15) is 5.57 Å². The Balaban J connectivity index is 1.63. The van der Waals surface area contributed by atoms with Crippen LogP contribution < -0.4 is 14.8 Å². The van der Waals surface area contributed by atoms with E-state index in [2.05, 4.69) is 16.9 Å². The van der Waals surface area contributed by atoms with Crippen molar-refractivity contribution in [3.8, 4) is 11.5 Å². The largest absolute Gasteiger partial charge is 0.490 e. The van der Waals surface area contributed by atoms with Crippen LogP contribution >= 0.6 is 11.8 Å². The summed E-state index contributed by atoms with van der Waals surface area (Å²) in [6.45, 7) is 6.89. The van der Waals surface area contributed by atoms with E-state index in [0.29, 0.717) is 11.3 Å². The average molecular weight is 666 g/mol. The second-order valence-corrected chi connectivity index (χ2v) is 11.1. The number of nitrogens with zero attached hydrogens (tertiary/aromatic N) is 2. The Morgan fingerprint density at radius 1 is 1.00 bits per heavy atom. The van der Waals surface area contributed by atoms with Gasteiger partial charge >= 0.3 is 5.97 Å². The van der Waals surface area contributed by atoms with Crippen molar-refractivity contribution in [2.24, 2.45) is 4.99 Å². The molecule has 0 atom stereocenters. The number of aliphatic carboxylic acids is 1. The van der Waals surface area contributed by atoms with E-state index in [1.807, 2.05) is 60.7 Å². The van der Waals surface area contributed by atoms with Gasteiger partial charge in [-0.15, -0.1) is 0 Å². The molecule has 0 radical (unpaired) electrons. The van der Waals surface area contributed by atoms with E-state index in [0.717, 1.165) is 22.9 Å². The number of carboxylic acid groups (broad SMARTS) is 1. The number of carbonyl (C=O) groups is 4. The van der Waals surface area contributed by atoms with Crippen LogP contribution in [0.4, 0.5) is 0 Å². The Morgan fingerprint density at radius 2 is 1.67 bits per heavy atom. The van der Waals surface area contributed by atoms with Gasteiger partial charge in [-0.25, -0.2) is 4.79 Å². The van der Waals surface area contributed by atoms with E-state index in [1.54, 1.807) is 50.3 Å². The quantitative estimate of drug-likeness (QED) is 0.123. The number of hydrogen-bond acceptors (Lipinski definition) is 7. The zero-order valence-corrected chi connectivity index (χ0v) is 27.3. The number of aliphatic imine (C=N–C) groups is 1. The van der Waals surface area contributed by atoms with E-state index in [9.17, 15) is 19.2 Å². The van der Waals surface area contributed by atoms with Gasteiger partial charge in [-0.3, -0.25) is 19.3 Å². The summed E-state index contributed by atoms with van der Waals surface area (Å²) in [5.74, 6) is -2.57. The van der Waals surface area contributed by atoms with Crippen molar-refractivity contribution < 1.29 is 33.8 Å². The van der Waals surface area contributed by atoms with E-state index < -0.39 is 30.4 Å². The van der Waals surface area contributed by atoms with Crippen molar-refractivity contribution >= 4 is 46.7 Å². The molecule has 48 heavy (non-hydrogen) atoms. The number of amides is 3. The summed E-state index contributed by atoms with van der Waals surface area (Å²) in [5, 5.41) is 12.1. The minimum atomic E-state index is -1.15. The molecule has 0 spiro atoms. The topological polar surface area (TPSA) is 135 Å². The van der Waals surface area contributed by atoms with Gasteiger partial charge in [0.05, 0.1) is 18.4 Å². The Kier molecular flexibility index (Phi) is 12.7. The van der Waals surface area contributed by atoms with Crippen LogP contribution in [0.1, 0.15) is 36.6 Å². The van der Waals surface area contributed by atoms with Gasteiger partial charge in [0.15, 0.2) is 23.3 Å². The second kappa shape index (κ2) is 17.3. The monoisotopic (exact) mass is 665 g/mol. The van der Waals surface area contributed by atoms with Crippen LogP contribution in [0.15, 0.2) is 126 Å². The smallest absolute Gasteiger partial charge is 0.341 e. The number of thioether (sulfide) groups is 1. The summed E-state index contributed by atoms with van der Waals surface area (Å²) in [5.41, 5.74) is 2.44. The fraction of sp³-hybridized carbons (Fsp3) is 0.162. The molecule has 2 N–H and O–H groups in total. The fourth-order valence-corrected chi connectivity index (χ4v) is 5.51. The molecule has 10 nitrogen and oxygen atoms in total. The first-order chi connectivity index (χ1) is 23.2. The van der Waals surface area contributed by atoms with Crippen LogP contribution in [0.2, 0.25) is 0 Å². The summed E-state index contributed by atoms with van der Waals surface area (Å²) in [4.78, 5) is 57.2. The molecule has 0 saturated heterocycles. The highest BCUT2D eigenvalue weighted by molar-refractivity contribution is 8.14. The van der Waals surface area contributed by atoms with Gasteiger partial charge in [-0.1, -0.05) is 103 Å². The predicted molar refractivity (Wildman–Crippen MR) is 186 cm³/mol. The average Bonchev–Trinajstić information content (AvgIpc) is 3.09. The fourth-order valence-electron chi connectivity index (χ4n) is 4.70. The number of nitrogens with one attached hydrogen (secondary N) is 1. The second-order valence-electron chi connectivity index (χ2n) is 10.1. The van der Waals surface area contributed by atoms with Crippen LogP contribution in [-0.2, 0) is 19.2 Å². The highest BCUT2D eigenvalue weighted by Crippen LogP contribution is 2.31. The third-order valence-electron chi connectivity index (χ3n) is 6.84. The molecule has 0 aliphatic carbocycles. The number of hydrogen-bond donors (Lipinski definition) is 2. The molecule has 0 saturated carbocycles. The predicted octanol–water partition coefficient (Wildman–Crippen LogP) is 5.94. The number of ether oxygens (including phenoxy) is 2. The minimum absolute atomic E-state index is 0.0440. The number of carbonyl (C=O) groups excluding carboxylic acids is 3. The van der Waals surface area contributed by atoms with Crippen molar-refractivity contribution in [3.63, 3.8) is 0 Å². The van der Waals surface area contributed by atoms with Crippen molar-refractivity contribution in [1.29, 1.82) is 0 Å². The maximum atomic E-state index is 14.0. The SMILES string of the molecule is C=C/C=C\C(=C/C)N1C(=O)/C(=C/c2ccc(OCC(=O)O)c(OCC)c2)C(=O)N=C1SCC(=O)NC(c1ccccc1)c1ccccc1. The molecule has 11 heteroatoms. The molecule has 0 bridgehead atoms. The molecule has 4 rings (SSSR count). The normalized spacial score (nSPS) is 14.3. The van der Waals surface area contributed by atoms with Gasteiger partial charge in [0.2, 0.25) is 5.91 Å². The zero-order valence-electron chi connectivity index (χ0n) is 26.5. The summed E-state index contributed by atoms with van der Waals surface area (Å²) >= 11 is 0.968. The Bertz CT molecular complexity index is 1740. The molecule has 3 aromatic rings. The zero-order chi connectivity index (χ0) is 34.5. The molecule has 246 valence electrons. The first kappa shape index (κ1) is 35.2. The highest BCUT2D eigenvalue weighted by atomic mass is 32.2.